The van der Waals surface area contributed by atoms with Crippen molar-refractivity contribution in [2.75, 3.05) is 6.61 Å². The van der Waals surface area contributed by atoms with Crippen LogP contribution in [0, 0.1) is 6.92 Å². The molecule has 4 nitrogen and oxygen atoms in total. The van der Waals surface area contributed by atoms with Gasteiger partial charge in [0.15, 0.2) is 0 Å². The quantitative estimate of drug-likeness (QED) is 0.848. The number of aromatic nitrogens is 2. The minimum atomic E-state index is -0.202. The molecule has 1 aromatic rings. The van der Waals surface area contributed by atoms with E-state index < -0.39 is 0 Å². The molecule has 21 heavy (non-hydrogen) atoms. The standard InChI is InChI=1S/C16H28ClN3O/c1-4-21-16(9-7-5-6-8-10-16)14(18)11-13-15(17)12(2)19-20(13)3/h14H,4-11,18H2,1-3H3. The third kappa shape index (κ3) is 3.61. The van der Waals surface area contributed by atoms with Gasteiger partial charge in [0.1, 0.15) is 0 Å². The first-order valence-electron chi connectivity index (χ1n) is 8.07. The minimum absolute atomic E-state index is 0.0390. The van der Waals surface area contributed by atoms with Crippen LogP contribution in [-0.2, 0) is 18.2 Å². The number of halogens is 1. The van der Waals surface area contributed by atoms with Gasteiger partial charge in [-0.15, -0.1) is 0 Å². The molecule has 1 fully saturated rings. The largest absolute Gasteiger partial charge is 0.374 e. The number of hydrogen-bond acceptors (Lipinski definition) is 3. The van der Waals surface area contributed by atoms with Crippen LogP contribution in [0.25, 0.3) is 0 Å². The van der Waals surface area contributed by atoms with E-state index in [2.05, 4.69) is 12.0 Å². The van der Waals surface area contributed by atoms with Crippen molar-refractivity contribution in [2.45, 2.75) is 70.4 Å². The van der Waals surface area contributed by atoms with Gasteiger partial charge in [0.25, 0.3) is 0 Å². The van der Waals surface area contributed by atoms with Gasteiger partial charge in [-0.3, -0.25) is 4.68 Å². The van der Waals surface area contributed by atoms with Crippen LogP contribution in [-0.4, -0.2) is 28.0 Å². The summed E-state index contributed by atoms with van der Waals surface area (Å²) < 4.78 is 8.03. The molecule has 0 aromatic carbocycles. The highest BCUT2D eigenvalue weighted by atomic mass is 35.5. The van der Waals surface area contributed by atoms with Crippen LogP contribution in [0.2, 0.25) is 5.02 Å². The molecular weight excluding hydrogens is 286 g/mol. The fraction of sp³-hybridized carbons (Fsp3) is 0.812. The highest BCUT2D eigenvalue weighted by Gasteiger charge is 2.38. The summed E-state index contributed by atoms with van der Waals surface area (Å²) in [7, 11) is 1.93. The lowest BCUT2D eigenvalue weighted by Crippen LogP contribution is -2.51. The Hall–Kier alpha value is -0.580. The Morgan fingerprint density at radius 2 is 1.95 bits per heavy atom. The predicted molar refractivity (Wildman–Crippen MR) is 86.7 cm³/mol. The van der Waals surface area contributed by atoms with E-state index in [0.29, 0.717) is 6.61 Å². The van der Waals surface area contributed by atoms with Crippen LogP contribution in [0.15, 0.2) is 0 Å². The number of hydrogen-bond donors (Lipinski definition) is 1. The third-order valence-electron chi connectivity index (χ3n) is 4.73. The van der Waals surface area contributed by atoms with Crippen molar-refractivity contribution >= 4 is 11.6 Å². The number of nitrogens with zero attached hydrogens (tertiary/aromatic N) is 2. The number of aryl methyl sites for hydroxylation is 2. The molecule has 0 spiro atoms. The maximum atomic E-state index is 6.59. The van der Waals surface area contributed by atoms with E-state index in [1.54, 1.807) is 0 Å². The van der Waals surface area contributed by atoms with Gasteiger partial charge in [0.2, 0.25) is 0 Å². The van der Waals surface area contributed by atoms with Gasteiger partial charge in [-0.05, 0) is 26.7 Å². The molecule has 1 aliphatic rings. The van der Waals surface area contributed by atoms with Gasteiger partial charge < -0.3 is 10.5 Å². The Bertz CT molecular complexity index is 464. The molecule has 0 saturated heterocycles. The summed E-state index contributed by atoms with van der Waals surface area (Å²) in [5, 5.41) is 5.13. The molecular formula is C16H28ClN3O. The van der Waals surface area contributed by atoms with Gasteiger partial charge >= 0.3 is 0 Å². The maximum absolute atomic E-state index is 6.59. The zero-order valence-corrected chi connectivity index (χ0v) is 14.2. The smallest absolute Gasteiger partial charge is 0.0847 e. The summed E-state index contributed by atoms with van der Waals surface area (Å²) >= 11 is 6.37. The molecule has 120 valence electrons. The van der Waals surface area contributed by atoms with Crippen molar-refractivity contribution in [1.82, 2.24) is 9.78 Å². The fourth-order valence-corrected chi connectivity index (χ4v) is 3.77. The van der Waals surface area contributed by atoms with E-state index in [9.17, 15) is 0 Å². The lowest BCUT2D eigenvalue weighted by molar-refractivity contribution is -0.0686. The topological polar surface area (TPSA) is 53.1 Å². The van der Waals surface area contributed by atoms with Crippen molar-refractivity contribution in [3.63, 3.8) is 0 Å². The van der Waals surface area contributed by atoms with Gasteiger partial charge in [0, 0.05) is 26.1 Å². The molecule has 1 aliphatic carbocycles. The average Bonchev–Trinajstić information content (AvgIpc) is 2.65. The maximum Gasteiger partial charge on any atom is 0.0847 e. The minimum Gasteiger partial charge on any atom is -0.374 e. The number of rotatable bonds is 5. The second-order valence-corrected chi connectivity index (χ2v) is 6.57. The second-order valence-electron chi connectivity index (χ2n) is 6.19. The lowest BCUT2D eigenvalue weighted by Gasteiger charge is -2.38. The van der Waals surface area contributed by atoms with Crippen LogP contribution in [0.1, 0.15) is 56.8 Å². The molecule has 1 atom stereocenters. The first-order chi connectivity index (χ1) is 10.00. The number of nitrogens with two attached hydrogens (primary N) is 1. The Morgan fingerprint density at radius 3 is 2.43 bits per heavy atom. The molecule has 2 N–H and O–H groups in total. The van der Waals surface area contributed by atoms with Crippen molar-refractivity contribution < 1.29 is 4.74 Å². The molecule has 1 heterocycles. The van der Waals surface area contributed by atoms with Crippen molar-refractivity contribution in [3.8, 4) is 0 Å². The van der Waals surface area contributed by atoms with E-state index in [1.807, 2.05) is 18.7 Å². The molecule has 0 amide bonds. The molecule has 1 saturated carbocycles. The lowest BCUT2D eigenvalue weighted by atomic mass is 9.84. The highest BCUT2D eigenvalue weighted by Crippen LogP contribution is 2.35. The zero-order chi connectivity index (χ0) is 15.5. The third-order valence-corrected chi connectivity index (χ3v) is 5.22. The monoisotopic (exact) mass is 313 g/mol. The van der Waals surface area contributed by atoms with E-state index >= 15 is 0 Å². The Labute approximate surface area is 133 Å². The van der Waals surface area contributed by atoms with Crippen molar-refractivity contribution in [2.24, 2.45) is 12.8 Å². The highest BCUT2D eigenvalue weighted by molar-refractivity contribution is 6.31. The van der Waals surface area contributed by atoms with Gasteiger partial charge in [-0.25, -0.2) is 0 Å². The van der Waals surface area contributed by atoms with Crippen LogP contribution in [0.3, 0.4) is 0 Å². The molecule has 0 radical (unpaired) electrons. The summed E-state index contributed by atoms with van der Waals surface area (Å²) in [5.41, 5.74) is 8.28. The van der Waals surface area contributed by atoms with E-state index in [-0.39, 0.29) is 11.6 Å². The summed E-state index contributed by atoms with van der Waals surface area (Å²) in [6, 6.07) is -0.0390. The van der Waals surface area contributed by atoms with Gasteiger partial charge in [0.05, 0.1) is 22.0 Å². The Balaban J connectivity index is 2.19. The molecule has 0 bridgehead atoms. The zero-order valence-electron chi connectivity index (χ0n) is 13.5. The summed E-state index contributed by atoms with van der Waals surface area (Å²) in [6.45, 7) is 4.70. The van der Waals surface area contributed by atoms with Crippen LogP contribution in [0.4, 0.5) is 0 Å². The van der Waals surface area contributed by atoms with E-state index in [4.69, 9.17) is 22.1 Å². The van der Waals surface area contributed by atoms with Crippen LogP contribution >= 0.6 is 11.6 Å². The molecule has 2 rings (SSSR count). The van der Waals surface area contributed by atoms with Gasteiger partial charge in [-0.2, -0.15) is 5.10 Å². The molecule has 1 aromatic heterocycles. The summed E-state index contributed by atoms with van der Waals surface area (Å²) in [6.07, 6.45) is 7.79. The SMILES string of the molecule is CCOC1(C(N)Cc2c(Cl)c(C)nn2C)CCCCCC1. The molecule has 0 aliphatic heterocycles. The van der Waals surface area contributed by atoms with Crippen molar-refractivity contribution in [1.29, 1.82) is 0 Å². The second kappa shape index (κ2) is 7.12. The fourth-order valence-electron chi connectivity index (χ4n) is 3.53. The molecule has 1 unspecified atom stereocenters. The van der Waals surface area contributed by atoms with Crippen LogP contribution in [0.5, 0.6) is 0 Å². The Morgan fingerprint density at radius 1 is 1.33 bits per heavy atom. The van der Waals surface area contributed by atoms with E-state index in [0.717, 1.165) is 35.7 Å². The first-order valence-corrected chi connectivity index (χ1v) is 8.45. The van der Waals surface area contributed by atoms with Crippen LogP contribution < -0.4 is 5.73 Å². The summed E-state index contributed by atoms with van der Waals surface area (Å²) in [5.74, 6) is 0. The van der Waals surface area contributed by atoms with Gasteiger partial charge in [-0.1, -0.05) is 37.3 Å². The van der Waals surface area contributed by atoms with Crippen molar-refractivity contribution in [3.05, 3.63) is 16.4 Å². The summed E-state index contributed by atoms with van der Waals surface area (Å²) in [4.78, 5) is 0. The predicted octanol–water partition coefficient (Wildman–Crippen LogP) is 3.38. The first kappa shape index (κ1) is 16.8. The number of ether oxygens (including phenoxy) is 1. The normalized spacial score (nSPS) is 20.2. The van der Waals surface area contributed by atoms with E-state index in [1.165, 1.54) is 25.7 Å². The average molecular weight is 314 g/mol. The molecule has 5 heteroatoms. The Kier molecular flexibility index (Phi) is 5.69.